The van der Waals surface area contributed by atoms with Crippen LogP contribution in [0, 0.1) is 12.3 Å². The Hall–Kier alpha value is -3.91. The van der Waals surface area contributed by atoms with Crippen LogP contribution in [-0.2, 0) is 23.1 Å². The number of thiazole rings is 1. The number of carbonyl (C=O) groups excluding carboxylic acids is 1. The van der Waals surface area contributed by atoms with Crippen LogP contribution < -0.4 is 14.3 Å². The van der Waals surface area contributed by atoms with Crippen LogP contribution in [0.4, 0.5) is 0 Å². The summed E-state index contributed by atoms with van der Waals surface area (Å²) in [5.74, 6) is 3.16. The number of hydrogen-bond donors (Lipinski definition) is 0. The van der Waals surface area contributed by atoms with E-state index in [0.29, 0.717) is 16.3 Å². The zero-order chi connectivity index (χ0) is 26.6. The molecule has 0 bridgehead atoms. The second-order valence-corrected chi connectivity index (χ2v) is 11.1. The van der Waals surface area contributed by atoms with Crippen LogP contribution in [-0.4, -0.2) is 44.5 Å². The van der Waals surface area contributed by atoms with Crippen LogP contribution in [0.25, 0.3) is 10.2 Å². The van der Waals surface area contributed by atoms with E-state index in [1.54, 1.807) is 30.9 Å². The lowest BCUT2D eigenvalue weighted by Crippen LogP contribution is -2.26. The monoisotopic (exact) mass is 535 g/mol. The van der Waals surface area contributed by atoms with Crippen LogP contribution in [0.15, 0.2) is 76.6 Å². The van der Waals surface area contributed by atoms with Crippen molar-refractivity contribution in [3.63, 3.8) is 0 Å². The Labute approximate surface area is 219 Å². The largest absolute Gasteiger partial charge is 0.493 e. The van der Waals surface area contributed by atoms with Gasteiger partial charge in [-0.2, -0.15) is 9.30 Å². The summed E-state index contributed by atoms with van der Waals surface area (Å²) in [4.78, 5) is 17.8. The number of terminal acetylenes is 1. The Bertz CT molecular complexity index is 1650. The molecule has 190 valence electrons. The van der Waals surface area contributed by atoms with E-state index in [2.05, 4.69) is 10.9 Å². The Balaban J connectivity index is 1.64. The fraction of sp³-hybridized carbons (Fsp3) is 0.185. The predicted octanol–water partition coefficient (Wildman–Crippen LogP) is 3.92. The molecule has 4 rings (SSSR count). The summed E-state index contributed by atoms with van der Waals surface area (Å²) < 4.78 is 40.6. The van der Waals surface area contributed by atoms with Crippen LogP contribution in [0.3, 0.4) is 0 Å². The lowest BCUT2D eigenvalue weighted by molar-refractivity contribution is 0.0998. The minimum Gasteiger partial charge on any atom is -0.493 e. The van der Waals surface area contributed by atoms with E-state index in [9.17, 15) is 13.2 Å². The molecule has 0 radical (unpaired) electrons. The van der Waals surface area contributed by atoms with Gasteiger partial charge >= 0.3 is 0 Å². The summed E-state index contributed by atoms with van der Waals surface area (Å²) in [6.45, 7) is 0.433. The van der Waals surface area contributed by atoms with Gasteiger partial charge in [-0.1, -0.05) is 47.6 Å². The van der Waals surface area contributed by atoms with Gasteiger partial charge in [-0.3, -0.25) is 4.79 Å². The number of benzene rings is 3. The Morgan fingerprint density at radius 2 is 1.70 bits per heavy atom. The number of nitrogens with zero attached hydrogens (tertiary/aromatic N) is 3. The highest BCUT2D eigenvalue weighted by molar-refractivity contribution is 7.89. The first-order valence-electron chi connectivity index (χ1n) is 11.2. The molecule has 0 saturated heterocycles. The molecule has 0 aliphatic carbocycles. The highest BCUT2D eigenvalue weighted by atomic mass is 32.2. The lowest BCUT2D eigenvalue weighted by atomic mass is 10.2. The SMILES string of the molecule is C#CCn1c(=NC(=O)c2ccc(S(=O)(=O)N(C)Cc3ccccc3)cc2)sc2cc(OC)c(OC)cc21. The summed E-state index contributed by atoms with van der Waals surface area (Å²) in [5.41, 5.74) is 1.89. The van der Waals surface area contributed by atoms with Crippen molar-refractivity contribution >= 4 is 37.5 Å². The van der Waals surface area contributed by atoms with Gasteiger partial charge in [0.1, 0.15) is 0 Å². The third-order valence-electron chi connectivity index (χ3n) is 5.69. The molecular formula is C27H25N3O5S2. The van der Waals surface area contributed by atoms with Crippen molar-refractivity contribution in [3.05, 3.63) is 82.7 Å². The fourth-order valence-electron chi connectivity index (χ4n) is 3.75. The van der Waals surface area contributed by atoms with Crippen molar-refractivity contribution in [3.8, 4) is 23.8 Å². The molecule has 0 spiro atoms. The number of methoxy groups -OCH3 is 2. The van der Waals surface area contributed by atoms with Crippen LogP contribution in [0.2, 0.25) is 0 Å². The number of amides is 1. The van der Waals surface area contributed by atoms with Gasteiger partial charge < -0.3 is 14.0 Å². The maximum Gasteiger partial charge on any atom is 0.279 e. The van der Waals surface area contributed by atoms with Crippen LogP contribution in [0.1, 0.15) is 15.9 Å². The molecule has 3 aromatic carbocycles. The first kappa shape index (κ1) is 26.2. The molecule has 37 heavy (non-hydrogen) atoms. The average Bonchev–Trinajstić information content (AvgIpc) is 3.24. The van der Waals surface area contributed by atoms with Gasteiger partial charge in [-0.15, -0.1) is 6.42 Å². The van der Waals surface area contributed by atoms with Crippen molar-refractivity contribution in [1.82, 2.24) is 8.87 Å². The van der Waals surface area contributed by atoms with Crippen LogP contribution >= 0.6 is 11.3 Å². The highest BCUT2D eigenvalue weighted by Crippen LogP contribution is 2.33. The van der Waals surface area contributed by atoms with Crippen molar-refractivity contribution in [2.75, 3.05) is 21.3 Å². The van der Waals surface area contributed by atoms with E-state index >= 15 is 0 Å². The maximum absolute atomic E-state index is 13.0. The minimum absolute atomic E-state index is 0.0888. The van der Waals surface area contributed by atoms with Crippen molar-refractivity contribution in [2.45, 2.75) is 18.0 Å². The van der Waals surface area contributed by atoms with Gasteiger partial charge in [-0.25, -0.2) is 8.42 Å². The van der Waals surface area contributed by atoms with Gasteiger partial charge in [0.05, 0.1) is 35.9 Å². The number of sulfonamides is 1. The molecule has 0 unspecified atom stereocenters. The van der Waals surface area contributed by atoms with E-state index in [1.165, 1.54) is 47.0 Å². The number of fused-ring (bicyclic) bond motifs is 1. The zero-order valence-electron chi connectivity index (χ0n) is 20.5. The van der Waals surface area contributed by atoms with Gasteiger partial charge in [0.25, 0.3) is 5.91 Å². The standard InChI is InChI=1S/C27H25N3O5S2/c1-5-15-30-22-16-23(34-3)24(35-4)17-25(22)36-27(30)28-26(31)20-11-13-21(14-12-20)37(32,33)29(2)18-19-9-7-6-8-10-19/h1,6-14,16-17H,15,18H2,2-4H3. The van der Waals surface area contributed by atoms with E-state index in [-0.39, 0.29) is 23.5 Å². The summed E-state index contributed by atoms with van der Waals surface area (Å²) in [6, 6.07) is 18.7. The molecule has 0 N–H and O–H groups in total. The van der Waals surface area contributed by atoms with E-state index in [1.807, 2.05) is 30.3 Å². The molecule has 0 aliphatic heterocycles. The van der Waals surface area contributed by atoms with Crippen molar-refractivity contribution in [2.24, 2.45) is 4.99 Å². The maximum atomic E-state index is 13.0. The summed E-state index contributed by atoms with van der Waals surface area (Å²) in [7, 11) is 0.868. The number of hydrogen-bond acceptors (Lipinski definition) is 6. The fourth-order valence-corrected chi connectivity index (χ4v) is 5.95. The van der Waals surface area contributed by atoms with Crippen molar-refractivity contribution < 1.29 is 22.7 Å². The summed E-state index contributed by atoms with van der Waals surface area (Å²) in [6.07, 6.45) is 5.57. The number of ether oxygens (including phenoxy) is 2. The molecule has 4 aromatic rings. The van der Waals surface area contributed by atoms with E-state index < -0.39 is 15.9 Å². The first-order valence-corrected chi connectivity index (χ1v) is 13.4. The molecule has 8 nitrogen and oxygen atoms in total. The normalized spacial score (nSPS) is 12.0. The molecule has 1 amide bonds. The molecule has 0 saturated carbocycles. The smallest absolute Gasteiger partial charge is 0.279 e. The second-order valence-electron chi connectivity index (χ2n) is 8.04. The van der Waals surface area contributed by atoms with E-state index in [4.69, 9.17) is 15.9 Å². The van der Waals surface area contributed by atoms with Crippen LogP contribution in [0.5, 0.6) is 11.5 Å². The third kappa shape index (κ3) is 5.44. The summed E-state index contributed by atoms with van der Waals surface area (Å²) in [5, 5.41) is 0. The molecule has 0 fully saturated rings. The Morgan fingerprint density at radius 3 is 2.32 bits per heavy atom. The molecular weight excluding hydrogens is 510 g/mol. The quantitative estimate of drug-likeness (QED) is 0.319. The van der Waals surface area contributed by atoms with Gasteiger partial charge in [0, 0.05) is 31.3 Å². The Morgan fingerprint density at radius 1 is 1.05 bits per heavy atom. The number of carbonyl (C=O) groups is 1. The minimum atomic E-state index is -3.74. The number of aromatic nitrogens is 1. The lowest BCUT2D eigenvalue weighted by Gasteiger charge is -2.17. The zero-order valence-corrected chi connectivity index (χ0v) is 22.2. The third-order valence-corrected chi connectivity index (χ3v) is 8.55. The molecule has 0 aliphatic rings. The first-order chi connectivity index (χ1) is 17.8. The van der Waals surface area contributed by atoms with Gasteiger partial charge in [0.15, 0.2) is 16.3 Å². The number of rotatable bonds is 8. The molecule has 10 heteroatoms. The topological polar surface area (TPSA) is 90.2 Å². The average molecular weight is 536 g/mol. The highest BCUT2D eigenvalue weighted by Gasteiger charge is 2.21. The van der Waals surface area contributed by atoms with Gasteiger partial charge in [0.2, 0.25) is 10.0 Å². The molecule has 0 atom stereocenters. The van der Waals surface area contributed by atoms with Crippen molar-refractivity contribution in [1.29, 1.82) is 0 Å². The van der Waals surface area contributed by atoms with E-state index in [0.717, 1.165) is 15.8 Å². The molecule has 1 aromatic heterocycles. The second kappa shape index (κ2) is 11.0. The summed E-state index contributed by atoms with van der Waals surface area (Å²) >= 11 is 1.29. The molecule has 1 heterocycles. The Kier molecular flexibility index (Phi) is 7.78. The van der Waals surface area contributed by atoms with Gasteiger partial charge in [-0.05, 0) is 29.8 Å². The predicted molar refractivity (Wildman–Crippen MR) is 143 cm³/mol.